The Balaban J connectivity index is 1.90. The molecule has 192 valence electrons. The number of anilines is 1. The molecule has 0 spiro atoms. The van der Waals surface area contributed by atoms with E-state index in [0.717, 1.165) is 23.4 Å². The fourth-order valence-corrected chi connectivity index (χ4v) is 3.84. The number of aromatic nitrogens is 2. The van der Waals surface area contributed by atoms with Gasteiger partial charge in [0.15, 0.2) is 0 Å². The van der Waals surface area contributed by atoms with Crippen LogP contribution >= 0.6 is 0 Å². The Hall–Kier alpha value is -3.61. The Labute approximate surface area is 214 Å². The molecule has 1 heterocycles. The molecule has 3 aromatic rings. The average Bonchev–Trinajstić information content (AvgIpc) is 3.25. The van der Waals surface area contributed by atoms with E-state index < -0.39 is 0 Å². The first-order valence-electron chi connectivity index (χ1n) is 12.4. The van der Waals surface area contributed by atoms with Crippen LogP contribution in [-0.2, 0) is 10.2 Å². The molecule has 36 heavy (non-hydrogen) atoms. The molecule has 2 amide bonds. The van der Waals surface area contributed by atoms with Crippen LogP contribution in [0.1, 0.15) is 62.7 Å². The first-order chi connectivity index (χ1) is 17.0. The molecule has 0 aliphatic heterocycles. The number of hydrogen-bond donors (Lipinski definition) is 1. The fourth-order valence-electron chi connectivity index (χ4n) is 3.84. The molecule has 0 fully saturated rings. The summed E-state index contributed by atoms with van der Waals surface area (Å²) in [5.41, 5.74) is 3.04. The number of para-hydroxylation sites is 2. The fraction of sp³-hybridized carbons (Fsp3) is 0.414. The summed E-state index contributed by atoms with van der Waals surface area (Å²) in [6.45, 7) is 12.9. The van der Waals surface area contributed by atoms with Gasteiger partial charge in [-0.2, -0.15) is 5.10 Å². The molecule has 0 saturated carbocycles. The molecule has 1 N–H and O–H groups in total. The lowest BCUT2D eigenvalue weighted by Crippen LogP contribution is -2.39. The lowest BCUT2D eigenvalue weighted by atomic mass is 9.92. The third-order valence-electron chi connectivity index (χ3n) is 6.02. The highest BCUT2D eigenvalue weighted by atomic mass is 16.5. The van der Waals surface area contributed by atoms with Gasteiger partial charge in [0, 0.05) is 18.0 Å². The largest absolute Gasteiger partial charge is 0.496 e. The van der Waals surface area contributed by atoms with Crippen LogP contribution < -0.4 is 10.1 Å². The van der Waals surface area contributed by atoms with Crippen molar-refractivity contribution in [2.24, 2.45) is 5.92 Å². The van der Waals surface area contributed by atoms with Crippen molar-refractivity contribution in [2.75, 3.05) is 25.5 Å². The lowest BCUT2D eigenvalue weighted by molar-refractivity contribution is -0.117. The Kier molecular flexibility index (Phi) is 8.56. The normalized spacial score (nSPS) is 11.4. The molecule has 7 nitrogen and oxygen atoms in total. The number of benzene rings is 2. The number of nitrogens with one attached hydrogen (secondary N) is 1. The van der Waals surface area contributed by atoms with Gasteiger partial charge in [0.1, 0.15) is 18.1 Å². The van der Waals surface area contributed by atoms with E-state index in [1.165, 1.54) is 7.11 Å². The van der Waals surface area contributed by atoms with Gasteiger partial charge >= 0.3 is 0 Å². The van der Waals surface area contributed by atoms with Crippen molar-refractivity contribution in [2.45, 2.75) is 53.4 Å². The van der Waals surface area contributed by atoms with E-state index in [0.29, 0.717) is 29.6 Å². The smallest absolute Gasteiger partial charge is 0.258 e. The van der Waals surface area contributed by atoms with Gasteiger partial charge in [-0.25, -0.2) is 4.68 Å². The van der Waals surface area contributed by atoms with E-state index in [1.807, 2.05) is 43.3 Å². The number of ether oxygens (including phenoxy) is 1. The maximum absolute atomic E-state index is 13.4. The number of carbonyl (C=O) groups excluding carboxylic acids is 2. The summed E-state index contributed by atoms with van der Waals surface area (Å²) in [4.78, 5) is 28.3. The summed E-state index contributed by atoms with van der Waals surface area (Å²) in [6, 6.07) is 16.9. The van der Waals surface area contributed by atoms with Gasteiger partial charge in [0.05, 0.1) is 24.1 Å². The van der Waals surface area contributed by atoms with Gasteiger partial charge in [0.25, 0.3) is 5.91 Å². The summed E-state index contributed by atoms with van der Waals surface area (Å²) >= 11 is 0. The molecular formula is C29H38N4O3. The third-order valence-corrected chi connectivity index (χ3v) is 6.02. The average molecular weight is 491 g/mol. The molecule has 0 aliphatic carbocycles. The molecular weight excluding hydrogens is 452 g/mol. The number of carbonyl (C=O) groups is 2. The van der Waals surface area contributed by atoms with Crippen molar-refractivity contribution in [1.82, 2.24) is 14.7 Å². The topological polar surface area (TPSA) is 76.5 Å². The number of hydrogen-bond acceptors (Lipinski definition) is 4. The van der Waals surface area contributed by atoms with Gasteiger partial charge in [-0.3, -0.25) is 9.59 Å². The van der Waals surface area contributed by atoms with E-state index in [2.05, 4.69) is 39.9 Å². The highest BCUT2D eigenvalue weighted by Gasteiger charge is 2.25. The van der Waals surface area contributed by atoms with Crippen molar-refractivity contribution in [3.05, 3.63) is 71.4 Å². The monoisotopic (exact) mass is 490 g/mol. The Bertz CT molecular complexity index is 1210. The van der Waals surface area contributed by atoms with Crippen LogP contribution in [0.4, 0.5) is 5.82 Å². The number of nitrogens with zero attached hydrogens (tertiary/aromatic N) is 3. The highest BCUT2D eigenvalue weighted by Crippen LogP contribution is 2.27. The second-order valence-corrected chi connectivity index (χ2v) is 10.5. The molecule has 3 rings (SSSR count). The quantitative estimate of drug-likeness (QED) is 0.423. The zero-order valence-electron chi connectivity index (χ0n) is 22.5. The maximum atomic E-state index is 13.4. The summed E-state index contributed by atoms with van der Waals surface area (Å²) in [6.07, 6.45) is 0.781. The van der Waals surface area contributed by atoms with Crippen molar-refractivity contribution in [3.63, 3.8) is 0 Å². The van der Waals surface area contributed by atoms with Crippen LogP contribution in [0.5, 0.6) is 5.75 Å². The predicted molar refractivity (Wildman–Crippen MR) is 144 cm³/mol. The molecule has 7 heteroatoms. The maximum Gasteiger partial charge on any atom is 0.258 e. The summed E-state index contributed by atoms with van der Waals surface area (Å²) in [5, 5.41) is 7.83. The zero-order valence-corrected chi connectivity index (χ0v) is 22.5. The first kappa shape index (κ1) is 27.0. The first-order valence-corrected chi connectivity index (χ1v) is 12.4. The van der Waals surface area contributed by atoms with E-state index in [9.17, 15) is 9.59 Å². The minimum Gasteiger partial charge on any atom is -0.496 e. The predicted octanol–water partition coefficient (Wildman–Crippen LogP) is 5.61. The van der Waals surface area contributed by atoms with Gasteiger partial charge in [-0.15, -0.1) is 0 Å². The summed E-state index contributed by atoms with van der Waals surface area (Å²) in [7, 11) is 1.54. The second kappa shape index (κ2) is 11.4. The van der Waals surface area contributed by atoms with Crippen LogP contribution in [-0.4, -0.2) is 46.7 Å². The molecule has 0 atom stereocenters. The van der Waals surface area contributed by atoms with Gasteiger partial charge in [-0.05, 0) is 43.0 Å². The third kappa shape index (κ3) is 6.53. The Morgan fingerprint density at radius 3 is 2.39 bits per heavy atom. The molecule has 0 radical (unpaired) electrons. The van der Waals surface area contributed by atoms with Crippen LogP contribution in [0.15, 0.2) is 54.6 Å². The van der Waals surface area contributed by atoms with Gasteiger partial charge in [0.2, 0.25) is 5.91 Å². The number of rotatable bonds is 9. The van der Waals surface area contributed by atoms with Crippen molar-refractivity contribution >= 4 is 17.6 Å². The molecule has 2 aromatic carbocycles. The van der Waals surface area contributed by atoms with Gasteiger partial charge in [-0.1, -0.05) is 65.0 Å². The minimum atomic E-state index is -0.280. The highest BCUT2D eigenvalue weighted by molar-refractivity contribution is 6.00. The second-order valence-electron chi connectivity index (χ2n) is 10.5. The van der Waals surface area contributed by atoms with Crippen molar-refractivity contribution in [1.29, 1.82) is 0 Å². The summed E-state index contributed by atoms with van der Waals surface area (Å²) < 4.78 is 7.17. The number of aryl methyl sites for hydroxylation is 1. The Morgan fingerprint density at radius 2 is 1.75 bits per heavy atom. The SMILES string of the molecule is COc1ccccc1C(=O)N(CCC(C)C)CC(=O)Nc1cc(C(C)(C)C)nn1-c1ccccc1C. The van der Waals surface area contributed by atoms with E-state index >= 15 is 0 Å². The molecule has 0 saturated heterocycles. The molecule has 1 aromatic heterocycles. The Morgan fingerprint density at radius 1 is 1.08 bits per heavy atom. The number of methoxy groups -OCH3 is 1. The van der Waals surface area contributed by atoms with Crippen LogP contribution in [0, 0.1) is 12.8 Å². The van der Waals surface area contributed by atoms with Crippen LogP contribution in [0.3, 0.4) is 0 Å². The van der Waals surface area contributed by atoms with E-state index in [-0.39, 0.29) is 23.8 Å². The zero-order chi connectivity index (χ0) is 26.5. The lowest BCUT2D eigenvalue weighted by Gasteiger charge is -2.24. The standard InChI is InChI=1S/C29H38N4O3/c1-20(2)16-17-32(28(35)22-13-9-11-15-24(22)36-7)19-27(34)30-26-18-25(29(4,5)6)31-33(26)23-14-10-8-12-21(23)3/h8-15,18,20H,16-17,19H2,1-7H3,(H,30,34). The molecule has 0 bridgehead atoms. The van der Waals surface area contributed by atoms with E-state index in [4.69, 9.17) is 9.84 Å². The minimum absolute atomic E-state index is 0.0760. The summed E-state index contributed by atoms with van der Waals surface area (Å²) in [5.74, 6) is 0.943. The number of amides is 2. The molecule has 0 unspecified atom stereocenters. The van der Waals surface area contributed by atoms with Crippen LogP contribution in [0.2, 0.25) is 0 Å². The van der Waals surface area contributed by atoms with Crippen molar-refractivity contribution < 1.29 is 14.3 Å². The van der Waals surface area contributed by atoms with E-state index in [1.54, 1.807) is 27.8 Å². The van der Waals surface area contributed by atoms with Gasteiger partial charge < -0.3 is 15.0 Å². The van der Waals surface area contributed by atoms with Crippen molar-refractivity contribution in [3.8, 4) is 11.4 Å². The van der Waals surface area contributed by atoms with Crippen LogP contribution in [0.25, 0.3) is 5.69 Å². The molecule has 0 aliphatic rings.